The first kappa shape index (κ1) is 19.2. The fraction of sp³-hybridized carbons (Fsp3) is 0.217. The molecule has 1 aliphatic heterocycles. The molecule has 0 saturated carbocycles. The largest absolute Gasteiger partial charge is 0.487 e. The minimum atomic E-state index is -0.967. The van der Waals surface area contributed by atoms with E-state index in [1.807, 2.05) is 18.2 Å². The quantitative estimate of drug-likeness (QED) is 0.434. The van der Waals surface area contributed by atoms with Gasteiger partial charge in [0.15, 0.2) is 0 Å². The number of hydrogen-bond acceptors (Lipinski definition) is 5. The van der Waals surface area contributed by atoms with Crippen molar-refractivity contribution in [2.24, 2.45) is 0 Å². The summed E-state index contributed by atoms with van der Waals surface area (Å²) in [4.78, 5) is 16.3. The van der Waals surface area contributed by atoms with E-state index in [1.165, 1.54) is 0 Å². The molecule has 0 amide bonds. The van der Waals surface area contributed by atoms with Gasteiger partial charge < -0.3 is 14.3 Å². The van der Waals surface area contributed by atoms with Crippen molar-refractivity contribution in [3.8, 4) is 27.4 Å². The highest BCUT2D eigenvalue weighted by atomic mass is 32.1. The maximum absolute atomic E-state index is 11.5. The Morgan fingerprint density at radius 3 is 2.72 bits per heavy atom. The van der Waals surface area contributed by atoms with Crippen molar-refractivity contribution in [1.29, 1.82) is 0 Å². The van der Waals surface area contributed by atoms with Crippen LogP contribution in [0.5, 0.6) is 5.75 Å². The van der Waals surface area contributed by atoms with Crippen LogP contribution in [0.15, 0.2) is 58.7 Å². The standard InChI is InChI=1S/C23H21NO4S/c1-23(2,3)19-13-29-21(24-19)18-10-15-11-27-9-8-16(15)20(18)28-12-14-6-4-5-7-17(14)22(25)26/h4-11,13H,12H2,1-3H3,(H,25,26). The summed E-state index contributed by atoms with van der Waals surface area (Å²) in [7, 11) is 0. The Morgan fingerprint density at radius 2 is 2.00 bits per heavy atom. The average molecular weight is 407 g/mol. The number of aromatic nitrogens is 1. The summed E-state index contributed by atoms with van der Waals surface area (Å²) in [6.07, 6.45) is 3.28. The third-order valence-electron chi connectivity index (χ3n) is 4.73. The van der Waals surface area contributed by atoms with E-state index in [0.29, 0.717) is 11.3 Å². The molecule has 0 saturated heterocycles. The lowest BCUT2D eigenvalue weighted by atomic mass is 9.93. The zero-order valence-electron chi connectivity index (χ0n) is 16.4. The van der Waals surface area contributed by atoms with Crippen LogP contribution in [0.1, 0.15) is 42.4 Å². The number of nitrogens with zero attached hydrogens (tertiary/aromatic N) is 1. The second kappa shape index (κ2) is 7.37. The Kier molecular flexibility index (Phi) is 4.88. The van der Waals surface area contributed by atoms with Crippen LogP contribution in [-0.4, -0.2) is 16.1 Å². The second-order valence-corrected chi connectivity index (χ2v) is 8.71. The molecule has 0 atom stereocenters. The molecule has 6 heteroatoms. The van der Waals surface area contributed by atoms with Gasteiger partial charge in [0.05, 0.1) is 29.3 Å². The molecule has 0 unspecified atom stereocenters. The minimum absolute atomic E-state index is 0.0441. The fourth-order valence-electron chi connectivity index (χ4n) is 3.13. The normalized spacial score (nSPS) is 11.7. The van der Waals surface area contributed by atoms with Crippen LogP contribution in [0.4, 0.5) is 0 Å². The molecule has 2 heterocycles. The van der Waals surface area contributed by atoms with Crippen LogP contribution < -0.4 is 4.74 Å². The van der Waals surface area contributed by atoms with Crippen LogP contribution >= 0.6 is 11.3 Å². The number of hydrogen-bond donors (Lipinski definition) is 1. The number of thiazole rings is 1. The van der Waals surface area contributed by atoms with Crippen LogP contribution in [0.25, 0.3) is 21.7 Å². The lowest BCUT2D eigenvalue weighted by Crippen LogP contribution is -2.11. The molecule has 0 bridgehead atoms. The van der Waals surface area contributed by atoms with Crippen molar-refractivity contribution in [3.63, 3.8) is 0 Å². The summed E-state index contributed by atoms with van der Waals surface area (Å²) >= 11 is 1.57. The van der Waals surface area contributed by atoms with Crippen LogP contribution in [0.3, 0.4) is 0 Å². The first-order valence-corrected chi connectivity index (χ1v) is 10.1. The monoisotopic (exact) mass is 407 g/mol. The summed E-state index contributed by atoms with van der Waals surface area (Å²) < 4.78 is 11.5. The topological polar surface area (TPSA) is 72.6 Å². The number of fused-ring (bicyclic) bond motifs is 1. The molecule has 1 aromatic heterocycles. The Morgan fingerprint density at radius 1 is 1.21 bits per heavy atom. The van der Waals surface area contributed by atoms with E-state index in [9.17, 15) is 9.90 Å². The minimum Gasteiger partial charge on any atom is -0.487 e. The van der Waals surface area contributed by atoms with Gasteiger partial charge in [-0.05, 0) is 18.2 Å². The Bertz CT molecular complexity index is 1140. The van der Waals surface area contributed by atoms with Gasteiger partial charge in [-0.15, -0.1) is 11.3 Å². The van der Waals surface area contributed by atoms with E-state index in [1.54, 1.807) is 42.1 Å². The van der Waals surface area contributed by atoms with Gasteiger partial charge in [-0.3, -0.25) is 0 Å². The average Bonchev–Trinajstić information content (AvgIpc) is 3.31. The van der Waals surface area contributed by atoms with Crippen LogP contribution in [0, 0.1) is 0 Å². The summed E-state index contributed by atoms with van der Waals surface area (Å²) in [5.74, 6) is -0.281. The van der Waals surface area contributed by atoms with E-state index in [4.69, 9.17) is 14.1 Å². The van der Waals surface area contributed by atoms with Crippen molar-refractivity contribution in [3.05, 3.63) is 71.1 Å². The predicted octanol–water partition coefficient (Wildman–Crippen LogP) is 6.08. The smallest absolute Gasteiger partial charge is 0.336 e. The number of aromatic carboxylic acids is 1. The molecule has 29 heavy (non-hydrogen) atoms. The molecule has 1 aliphatic carbocycles. The van der Waals surface area contributed by atoms with Crippen molar-refractivity contribution < 1.29 is 19.1 Å². The third kappa shape index (κ3) is 3.76. The third-order valence-corrected chi connectivity index (χ3v) is 5.61. The maximum Gasteiger partial charge on any atom is 0.336 e. The summed E-state index contributed by atoms with van der Waals surface area (Å²) in [5.41, 5.74) is 4.55. The second-order valence-electron chi connectivity index (χ2n) is 7.85. The first-order chi connectivity index (χ1) is 13.8. The molecule has 0 spiro atoms. The van der Waals surface area contributed by atoms with Gasteiger partial charge >= 0.3 is 5.97 Å². The van der Waals surface area contributed by atoms with E-state index in [0.717, 1.165) is 27.4 Å². The molecule has 5 nitrogen and oxygen atoms in total. The number of ether oxygens (including phenoxy) is 1. The van der Waals surface area contributed by atoms with Gasteiger partial charge in [-0.2, -0.15) is 0 Å². The molecule has 2 aromatic rings. The predicted molar refractivity (Wildman–Crippen MR) is 113 cm³/mol. The summed E-state index contributed by atoms with van der Waals surface area (Å²) in [6, 6.07) is 10.7. The van der Waals surface area contributed by atoms with Gasteiger partial charge in [0, 0.05) is 27.5 Å². The number of carbonyl (C=O) groups is 1. The highest BCUT2D eigenvalue weighted by molar-refractivity contribution is 7.13. The van der Waals surface area contributed by atoms with E-state index in [2.05, 4.69) is 26.2 Å². The number of benzene rings is 1. The zero-order chi connectivity index (χ0) is 20.6. The summed E-state index contributed by atoms with van der Waals surface area (Å²) in [5, 5.41) is 12.4. The number of carboxylic acid groups (broad SMARTS) is 1. The Balaban J connectivity index is 1.74. The molecule has 2 aliphatic rings. The Labute approximate surface area is 172 Å². The molecule has 0 fully saturated rings. The van der Waals surface area contributed by atoms with Gasteiger partial charge in [0.2, 0.25) is 0 Å². The number of carboxylic acids is 1. The first-order valence-electron chi connectivity index (χ1n) is 9.24. The highest BCUT2D eigenvalue weighted by Crippen LogP contribution is 2.45. The molecular formula is C23H21NO4S. The van der Waals surface area contributed by atoms with Crippen molar-refractivity contribution in [2.45, 2.75) is 32.8 Å². The van der Waals surface area contributed by atoms with Gasteiger partial charge in [0.1, 0.15) is 17.4 Å². The van der Waals surface area contributed by atoms with E-state index >= 15 is 0 Å². The lowest BCUT2D eigenvalue weighted by molar-refractivity contribution is 0.0694. The zero-order valence-corrected chi connectivity index (χ0v) is 17.2. The number of rotatable bonds is 5. The molecule has 148 valence electrons. The SMILES string of the molecule is CC(C)(C)c1csc(-c2cc3coccc-3c2OCc2ccccc2C(=O)O)n1. The fourth-order valence-corrected chi connectivity index (χ4v) is 4.18. The van der Waals surface area contributed by atoms with Crippen LogP contribution in [0.2, 0.25) is 0 Å². The van der Waals surface area contributed by atoms with Crippen molar-refractivity contribution in [2.75, 3.05) is 0 Å². The van der Waals surface area contributed by atoms with Gasteiger partial charge in [0.25, 0.3) is 0 Å². The highest BCUT2D eigenvalue weighted by Gasteiger charge is 2.24. The maximum atomic E-state index is 11.5. The molecular weight excluding hydrogens is 386 g/mol. The van der Waals surface area contributed by atoms with Gasteiger partial charge in [-0.1, -0.05) is 39.0 Å². The van der Waals surface area contributed by atoms with E-state index < -0.39 is 5.97 Å². The van der Waals surface area contributed by atoms with Crippen LogP contribution in [-0.2, 0) is 12.0 Å². The molecule has 1 N–H and O–H groups in total. The molecule has 1 aromatic carbocycles. The lowest BCUT2D eigenvalue weighted by Gasteiger charge is -2.14. The molecule has 0 radical (unpaired) electrons. The van der Waals surface area contributed by atoms with Gasteiger partial charge in [-0.25, -0.2) is 9.78 Å². The molecule has 4 rings (SSSR count). The van der Waals surface area contributed by atoms with Crippen molar-refractivity contribution in [1.82, 2.24) is 4.98 Å². The summed E-state index contributed by atoms with van der Waals surface area (Å²) in [6.45, 7) is 6.55. The Hall–Kier alpha value is -3.12. The van der Waals surface area contributed by atoms with Crippen molar-refractivity contribution >= 4 is 17.3 Å². The van der Waals surface area contributed by atoms with E-state index in [-0.39, 0.29) is 17.6 Å².